The predicted molar refractivity (Wildman–Crippen MR) is 224 cm³/mol. The van der Waals surface area contributed by atoms with Gasteiger partial charge < -0.3 is 9.80 Å². The summed E-state index contributed by atoms with van der Waals surface area (Å²) in [5.41, 5.74) is 6.02. The molecule has 10 heteroatoms. The molecule has 7 aromatic rings. The van der Waals surface area contributed by atoms with E-state index in [4.69, 9.17) is 0 Å². The number of halogens is 6. The monoisotopic (exact) mass is 816 g/mol. The predicted octanol–water partition coefficient (Wildman–Crippen LogP) is 16.2. The van der Waals surface area contributed by atoms with Crippen LogP contribution in [0.5, 0.6) is 0 Å². The third kappa shape index (κ3) is 6.62. The van der Waals surface area contributed by atoms with Crippen molar-refractivity contribution in [2.45, 2.75) is 58.1 Å². The van der Waals surface area contributed by atoms with E-state index < -0.39 is 28.9 Å². The van der Waals surface area contributed by atoms with Gasteiger partial charge in [-0.1, -0.05) is 117 Å². The van der Waals surface area contributed by atoms with Gasteiger partial charge in [-0.05, 0) is 95.4 Å². The second kappa shape index (κ2) is 14.1. The van der Waals surface area contributed by atoms with Crippen LogP contribution < -0.4 is 9.80 Å². The highest BCUT2D eigenvalue weighted by Gasteiger charge is 2.39. The van der Waals surface area contributed by atoms with Crippen molar-refractivity contribution in [3.8, 4) is 22.3 Å². The van der Waals surface area contributed by atoms with Gasteiger partial charge in [0.2, 0.25) is 0 Å². The molecular weight excluding hydrogens is 783 g/mol. The van der Waals surface area contributed by atoms with Gasteiger partial charge in [0.1, 0.15) is 0 Å². The fourth-order valence-corrected chi connectivity index (χ4v) is 9.96. The van der Waals surface area contributed by atoms with Crippen LogP contribution >= 0.6 is 23.5 Å². The number of para-hydroxylation sites is 4. The van der Waals surface area contributed by atoms with Crippen molar-refractivity contribution in [1.82, 2.24) is 0 Å². The fraction of sp³-hybridized carbons (Fsp3) is 0.125. The molecule has 9 rings (SSSR count). The first kappa shape index (κ1) is 38.0. The van der Waals surface area contributed by atoms with Crippen LogP contribution in [0.25, 0.3) is 22.3 Å². The molecule has 0 radical (unpaired) electrons. The van der Waals surface area contributed by atoms with Gasteiger partial charge in [0.15, 0.2) is 0 Å². The zero-order chi connectivity index (χ0) is 40.6. The average Bonchev–Trinajstić information content (AvgIpc) is 3.20. The molecule has 0 fully saturated rings. The average molecular weight is 817 g/mol. The number of benzene rings is 7. The molecule has 2 nitrogen and oxygen atoms in total. The summed E-state index contributed by atoms with van der Waals surface area (Å²) in [5, 5.41) is 0. The van der Waals surface area contributed by atoms with Gasteiger partial charge >= 0.3 is 12.4 Å². The molecule has 0 aromatic heterocycles. The van der Waals surface area contributed by atoms with Crippen LogP contribution in [-0.2, 0) is 17.8 Å². The zero-order valence-electron chi connectivity index (χ0n) is 31.4. The Bertz CT molecular complexity index is 2430. The van der Waals surface area contributed by atoms with Gasteiger partial charge in [0, 0.05) is 36.3 Å². The Kier molecular flexibility index (Phi) is 9.20. The molecule has 0 N–H and O–H groups in total. The molecule has 0 amide bonds. The molecule has 0 atom stereocenters. The van der Waals surface area contributed by atoms with Gasteiger partial charge in [-0.15, -0.1) is 0 Å². The quantitative estimate of drug-likeness (QED) is 0.163. The fourth-order valence-electron chi connectivity index (χ4n) is 7.85. The summed E-state index contributed by atoms with van der Waals surface area (Å²) in [6.45, 7) is 6.32. The highest BCUT2D eigenvalue weighted by molar-refractivity contribution is 8.00. The lowest BCUT2D eigenvalue weighted by Gasteiger charge is -2.43. The highest BCUT2D eigenvalue weighted by Crippen LogP contribution is 2.61. The molecule has 290 valence electrons. The summed E-state index contributed by atoms with van der Waals surface area (Å²) in [7, 11) is 0. The van der Waals surface area contributed by atoms with E-state index >= 15 is 0 Å². The second-order valence-electron chi connectivity index (χ2n) is 15.2. The number of alkyl halides is 6. The van der Waals surface area contributed by atoms with Crippen LogP contribution in [0.4, 0.5) is 60.5 Å². The second-order valence-corrected chi connectivity index (χ2v) is 17.4. The minimum Gasteiger partial charge on any atom is -0.307 e. The Morgan fingerprint density at radius 1 is 0.397 bits per heavy atom. The third-order valence-electron chi connectivity index (χ3n) is 10.4. The summed E-state index contributed by atoms with van der Waals surface area (Å²) in [6, 6.07) is 44.5. The molecule has 0 aliphatic carbocycles. The lowest BCUT2D eigenvalue weighted by Crippen LogP contribution is -2.27. The standard InChI is InChI=1S/C48H34F6N2S2/c1-46(2,3)43-44(55-35-12-4-8-16-39(35)57-40-17-9-5-13-36(40)55)33(29-20-24-31(25-21-29)47(49,50)51)28-34(30-22-26-32(27-23-30)48(52,53)54)45(43)56-37-14-6-10-18-41(37)58-42-19-11-7-15-38(42)56/h4-28H,1-3H3. The van der Waals surface area contributed by atoms with Crippen LogP contribution in [0.3, 0.4) is 0 Å². The lowest BCUT2D eigenvalue weighted by atomic mass is 9.78. The summed E-state index contributed by atoms with van der Waals surface area (Å²) in [5.74, 6) is 0. The van der Waals surface area contributed by atoms with Crippen molar-refractivity contribution in [2.24, 2.45) is 0 Å². The van der Waals surface area contributed by atoms with Gasteiger partial charge in [0.25, 0.3) is 0 Å². The van der Waals surface area contributed by atoms with Crippen molar-refractivity contribution < 1.29 is 26.3 Å². The first-order valence-corrected chi connectivity index (χ1v) is 20.2. The van der Waals surface area contributed by atoms with E-state index in [9.17, 15) is 26.3 Å². The van der Waals surface area contributed by atoms with E-state index in [2.05, 4.69) is 54.8 Å². The van der Waals surface area contributed by atoms with E-state index in [1.807, 2.05) is 78.9 Å². The Labute approximate surface area is 341 Å². The Morgan fingerprint density at radius 3 is 0.966 bits per heavy atom. The minimum absolute atomic E-state index is 0.524. The van der Waals surface area contributed by atoms with Crippen molar-refractivity contribution in [3.63, 3.8) is 0 Å². The smallest absolute Gasteiger partial charge is 0.307 e. The first-order valence-electron chi connectivity index (χ1n) is 18.6. The first-order chi connectivity index (χ1) is 27.7. The van der Waals surface area contributed by atoms with E-state index in [0.717, 1.165) is 83.5 Å². The normalized spacial score (nSPS) is 13.7. The molecule has 0 unspecified atom stereocenters. The Morgan fingerprint density at radius 2 is 0.690 bits per heavy atom. The van der Waals surface area contributed by atoms with Crippen LogP contribution in [0.1, 0.15) is 37.5 Å². The van der Waals surface area contributed by atoms with Crippen LogP contribution in [0, 0.1) is 0 Å². The lowest BCUT2D eigenvalue weighted by molar-refractivity contribution is -0.138. The van der Waals surface area contributed by atoms with E-state index in [1.165, 1.54) is 24.3 Å². The maximum absolute atomic E-state index is 14.0. The third-order valence-corrected chi connectivity index (χ3v) is 12.6. The van der Waals surface area contributed by atoms with Crippen LogP contribution in [0.2, 0.25) is 0 Å². The van der Waals surface area contributed by atoms with Crippen molar-refractivity contribution in [3.05, 3.63) is 168 Å². The van der Waals surface area contributed by atoms with Gasteiger partial charge in [-0.2, -0.15) is 26.3 Å². The summed E-state index contributed by atoms with van der Waals surface area (Å²) >= 11 is 3.29. The van der Waals surface area contributed by atoms with Gasteiger partial charge in [-0.3, -0.25) is 0 Å². The zero-order valence-corrected chi connectivity index (χ0v) is 33.0. The molecule has 0 spiro atoms. The SMILES string of the molecule is CC(C)(C)c1c(N2c3ccccc3Sc3ccccc32)c(-c2ccc(C(F)(F)F)cc2)cc(-c2ccc(C(F)(F)F)cc2)c1N1c2ccccc2Sc2ccccc21. The molecule has 2 aliphatic rings. The summed E-state index contributed by atoms with van der Waals surface area (Å²) in [4.78, 5) is 8.42. The van der Waals surface area contributed by atoms with Crippen LogP contribution in [-0.4, -0.2) is 0 Å². The Balaban J connectivity index is 1.48. The number of nitrogens with zero attached hydrogens (tertiary/aromatic N) is 2. The number of anilines is 6. The van der Waals surface area contributed by atoms with Crippen molar-refractivity contribution in [1.29, 1.82) is 0 Å². The van der Waals surface area contributed by atoms with E-state index in [-0.39, 0.29) is 0 Å². The van der Waals surface area contributed by atoms with Crippen molar-refractivity contribution >= 4 is 57.6 Å². The van der Waals surface area contributed by atoms with E-state index in [0.29, 0.717) is 22.3 Å². The minimum atomic E-state index is -4.55. The molecule has 0 saturated carbocycles. The molecule has 0 bridgehead atoms. The van der Waals surface area contributed by atoms with Gasteiger partial charge in [-0.25, -0.2) is 0 Å². The molecular formula is C48H34F6N2S2. The van der Waals surface area contributed by atoms with E-state index in [1.54, 1.807) is 23.5 Å². The largest absolute Gasteiger partial charge is 0.416 e. The maximum atomic E-state index is 14.0. The molecule has 2 aliphatic heterocycles. The maximum Gasteiger partial charge on any atom is 0.416 e. The van der Waals surface area contributed by atoms with Crippen molar-refractivity contribution in [2.75, 3.05) is 9.80 Å². The summed E-state index contributed by atoms with van der Waals surface area (Å²) in [6.07, 6.45) is -9.11. The number of hydrogen-bond donors (Lipinski definition) is 0. The number of hydrogen-bond acceptors (Lipinski definition) is 4. The number of rotatable bonds is 4. The Hall–Kier alpha value is -5.58. The van der Waals surface area contributed by atoms with Gasteiger partial charge in [0.05, 0.1) is 45.3 Å². The topological polar surface area (TPSA) is 6.48 Å². The number of fused-ring (bicyclic) bond motifs is 4. The molecule has 0 saturated heterocycles. The molecule has 2 heterocycles. The molecule has 58 heavy (non-hydrogen) atoms. The summed E-state index contributed by atoms with van der Waals surface area (Å²) < 4.78 is 84.3. The van der Waals surface area contributed by atoms with Crippen LogP contribution in [0.15, 0.2) is 171 Å². The molecule has 7 aromatic carbocycles. The highest BCUT2D eigenvalue weighted by atomic mass is 32.2.